The molecule has 2 heterocycles. The van der Waals surface area contributed by atoms with Crippen LogP contribution in [-0.4, -0.2) is 17.9 Å². The van der Waals surface area contributed by atoms with Crippen molar-refractivity contribution in [3.8, 4) is 0 Å². The maximum Gasteiger partial charge on any atom is 0.252 e. The third kappa shape index (κ3) is 2.40. The molecular formula is C20H18N2O2. The number of benzene rings is 1. The van der Waals surface area contributed by atoms with Gasteiger partial charge in [-0.2, -0.15) is 0 Å². The Balaban J connectivity index is 1.99. The Morgan fingerprint density at radius 2 is 2.08 bits per heavy atom. The normalized spacial score (nSPS) is 15.5. The van der Waals surface area contributed by atoms with E-state index in [1.54, 1.807) is 13.3 Å². The fraction of sp³-hybridized carbons (Fsp3) is 0.200. The van der Waals surface area contributed by atoms with Gasteiger partial charge in [0.2, 0.25) is 0 Å². The first-order valence-corrected chi connectivity index (χ1v) is 8.16. The maximum absolute atomic E-state index is 12.5. The fourth-order valence-electron chi connectivity index (χ4n) is 3.40. The molecule has 0 saturated carbocycles. The van der Waals surface area contributed by atoms with Crippen LogP contribution in [0.1, 0.15) is 40.2 Å². The molecule has 2 aromatic heterocycles. The van der Waals surface area contributed by atoms with Crippen molar-refractivity contribution in [1.82, 2.24) is 10.3 Å². The molecule has 4 nitrogen and oxygen atoms in total. The van der Waals surface area contributed by atoms with Gasteiger partial charge in [-0.1, -0.05) is 18.2 Å². The van der Waals surface area contributed by atoms with Crippen molar-refractivity contribution in [2.24, 2.45) is 0 Å². The van der Waals surface area contributed by atoms with Crippen LogP contribution in [0.4, 0.5) is 0 Å². The molecule has 0 radical (unpaired) electrons. The van der Waals surface area contributed by atoms with Gasteiger partial charge in [-0.05, 0) is 54.7 Å². The lowest BCUT2D eigenvalue weighted by atomic mass is 9.86. The summed E-state index contributed by atoms with van der Waals surface area (Å²) in [7, 11) is 1.67. The number of nitrogens with one attached hydrogen (secondary N) is 1. The minimum Gasteiger partial charge on any atom is -0.465 e. The van der Waals surface area contributed by atoms with E-state index in [1.807, 2.05) is 42.5 Å². The van der Waals surface area contributed by atoms with Gasteiger partial charge in [0.15, 0.2) is 0 Å². The molecule has 0 saturated heterocycles. The van der Waals surface area contributed by atoms with Crippen molar-refractivity contribution in [2.75, 3.05) is 7.05 Å². The van der Waals surface area contributed by atoms with Gasteiger partial charge in [0.05, 0.1) is 23.0 Å². The van der Waals surface area contributed by atoms with Crippen LogP contribution in [0.5, 0.6) is 0 Å². The molecule has 4 rings (SSSR count). The minimum absolute atomic E-state index is 0.0518. The third-order valence-corrected chi connectivity index (χ3v) is 4.48. The van der Waals surface area contributed by atoms with Crippen LogP contribution >= 0.6 is 0 Å². The Kier molecular flexibility index (Phi) is 3.65. The van der Waals surface area contributed by atoms with E-state index >= 15 is 0 Å². The lowest BCUT2D eigenvalue weighted by Crippen LogP contribution is -2.22. The number of para-hydroxylation sites is 1. The van der Waals surface area contributed by atoms with Gasteiger partial charge in [0, 0.05) is 12.4 Å². The Morgan fingerprint density at radius 3 is 2.88 bits per heavy atom. The summed E-state index contributed by atoms with van der Waals surface area (Å²) in [4.78, 5) is 17.4. The van der Waals surface area contributed by atoms with E-state index in [0.717, 1.165) is 58.3 Å². The number of furan rings is 1. The van der Waals surface area contributed by atoms with Crippen LogP contribution in [0.3, 0.4) is 0 Å². The summed E-state index contributed by atoms with van der Waals surface area (Å²) in [6.07, 6.45) is 6.51. The van der Waals surface area contributed by atoms with Crippen molar-refractivity contribution in [1.29, 1.82) is 0 Å². The quantitative estimate of drug-likeness (QED) is 0.775. The van der Waals surface area contributed by atoms with Crippen molar-refractivity contribution >= 4 is 28.5 Å². The lowest BCUT2D eigenvalue weighted by molar-refractivity contribution is 0.0963. The Hall–Kier alpha value is -2.88. The molecule has 120 valence electrons. The van der Waals surface area contributed by atoms with Crippen molar-refractivity contribution in [3.63, 3.8) is 0 Å². The Morgan fingerprint density at radius 1 is 1.21 bits per heavy atom. The van der Waals surface area contributed by atoms with Gasteiger partial charge in [0.1, 0.15) is 5.76 Å². The number of nitrogens with zero attached hydrogens (tertiary/aromatic N) is 1. The molecule has 0 unspecified atom stereocenters. The van der Waals surface area contributed by atoms with Gasteiger partial charge in [0.25, 0.3) is 5.91 Å². The van der Waals surface area contributed by atoms with Crippen LogP contribution in [0.15, 0.2) is 47.1 Å². The number of fused-ring (bicyclic) bond motifs is 2. The molecule has 1 aliphatic carbocycles. The van der Waals surface area contributed by atoms with Crippen LogP contribution in [0.2, 0.25) is 0 Å². The second-order valence-electron chi connectivity index (χ2n) is 5.95. The number of aromatic nitrogens is 1. The molecule has 4 heteroatoms. The molecular weight excluding hydrogens is 300 g/mol. The summed E-state index contributed by atoms with van der Waals surface area (Å²) in [6.45, 7) is 0. The molecule has 0 aliphatic heterocycles. The highest BCUT2D eigenvalue weighted by Gasteiger charge is 2.24. The molecule has 1 N–H and O–H groups in total. The second-order valence-corrected chi connectivity index (χ2v) is 5.95. The van der Waals surface area contributed by atoms with Crippen LogP contribution in [0.25, 0.3) is 22.6 Å². The van der Waals surface area contributed by atoms with E-state index in [2.05, 4.69) is 5.32 Å². The molecule has 3 aromatic rings. The fourth-order valence-corrected chi connectivity index (χ4v) is 3.40. The zero-order valence-electron chi connectivity index (χ0n) is 13.5. The topological polar surface area (TPSA) is 55.1 Å². The monoisotopic (exact) mass is 318 g/mol. The van der Waals surface area contributed by atoms with Gasteiger partial charge in [-0.15, -0.1) is 0 Å². The molecule has 1 aliphatic rings. The summed E-state index contributed by atoms with van der Waals surface area (Å²) in [5, 5.41) is 3.69. The zero-order valence-corrected chi connectivity index (χ0v) is 13.5. The van der Waals surface area contributed by atoms with Crippen LogP contribution in [0, 0.1) is 0 Å². The summed E-state index contributed by atoms with van der Waals surface area (Å²) in [6, 6.07) is 11.6. The van der Waals surface area contributed by atoms with E-state index in [4.69, 9.17) is 9.40 Å². The second kappa shape index (κ2) is 5.96. The molecule has 0 spiro atoms. The molecule has 1 amide bonds. The number of carbonyl (C=O) groups is 1. The maximum atomic E-state index is 12.5. The highest BCUT2D eigenvalue weighted by molar-refractivity contribution is 6.08. The van der Waals surface area contributed by atoms with Gasteiger partial charge in [-0.3, -0.25) is 4.79 Å². The predicted octanol–water partition coefficient (Wildman–Crippen LogP) is 4.06. The molecule has 1 aromatic carbocycles. The predicted molar refractivity (Wildman–Crippen MR) is 94.7 cm³/mol. The van der Waals surface area contributed by atoms with E-state index in [-0.39, 0.29) is 5.91 Å². The van der Waals surface area contributed by atoms with E-state index in [1.165, 1.54) is 0 Å². The van der Waals surface area contributed by atoms with Crippen molar-refractivity contribution in [2.45, 2.75) is 19.3 Å². The summed E-state index contributed by atoms with van der Waals surface area (Å²) in [5.41, 5.74) is 4.69. The highest BCUT2D eigenvalue weighted by Crippen LogP contribution is 2.36. The van der Waals surface area contributed by atoms with Gasteiger partial charge < -0.3 is 9.73 Å². The number of pyridine rings is 1. The zero-order chi connectivity index (χ0) is 16.5. The first-order chi connectivity index (χ1) is 11.8. The van der Waals surface area contributed by atoms with Gasteiger partial charge in [-0.25, -0.2) is 4.98 Å². The Labute approximate surface area is 140 Å². The highest BCUT2D eigenvalue weighted by atomic mass is 16.3. The number of amides is 1. The summed E-state index contributed by atoms with van der Waals surface area (Å²) in [5.74, 6) is 0.762. The first-order valence-electron chi connectivity index (χ1n) is 8.16. The molecule has 0 fully saturated rings. The average Bonchev–Trinajstić information content (AvgIpc) is 3.12. The standard InChI is InChI=1S/C20H18N2O2/c1-21-20(23)18-15-8-2-3-10-17(15)22-19-13(6-4-9-16(18)19)12-14-7-5-11-24-14/h2-3,5,7-8,10-12H,4,6,9H2,1H3,(H,21,23)/b13-12-. The smallest absolute Gasteiger partial charge is 0.252 e. The van der Waals surface area contributed by atoms with E-state index in [9.17, 15) is 4.79 Å². The Bertz CT molecular complexity index is 940. The van der Waals surface area contributed by atoms with Crippen LogP contribution < -0.4 is 5.32 Å². The van der Waals surface area contributed by atoms with Crippen molar-refractivity contribution in [3.05, 3.63) is 65.2 Å². The number of hydrogen-bond donors (Lipinski definition) is 1. The molecule has 0 atom stereocenters. The largest absolute Gasteiger partial charge is 0.465 e. The number of allylic oxidation sites excluding steroid dienone is 1. The molecule has 0 bridgehead atoms. The minimum atomic E-state index is -0.0518. The van der Waals surface area contributed by atoms with Crippen LogP contribution in [-0.2, 0) is 6.42 Å². The first kappa shape index (κ1) is 14.7. The van der Waals surface area contributed by atoms with Crippen molar-refractivity contribution < 1.29 is 9.21 Å². The van der Waals surface area contributed by atoms with Gasteiger partial charge >= 0.3 is 0 Å². The summed E-state index contributed by atoms with van der Waals surface area (Å²) < 4.78 is 5.45. The van der Waals surface area contributed by atoms with E-state index in [0.29, 0.717) is 0 Å². The average molecular weight is 318 g/mol. The number of carbonyl (C=O) groups excluding carboxylic acids is 1. The third-order valence-electron chi connectivity index (χ3n) is 4.48. The van der Waals surface area contributed by atoms with E-state index < -0.39 is 0 Å². The SMILES string of the molecule is CNC(=O)c1c2c(nc3ccccc13)/C(=C\c1ccco1)CCC2. The number of hydrogen-bond acceptors (Lipinski definition) is 3. The number of rotatable bonds is 2. The lowest BCUT2D eigenvalue weighted by Gasteiger charge is -2.22. The summed E-state index contributed by atoms with van der Waals surface area (Å²) >= 11 is 0. The molecule has 24 heavy (non-hydrogen) atoms.